The van der Waals surface area contributed by atoms with Crippen molar-refractivity contribution in [2.45, 2.75) is 83.7 Å². The molecular weight excluding hydrogens is 246 g/mol. The Kier molecular flexibility index (Phi) is 4.32. The second kappa shape index (κ2) is 6.19. The Balaban J connectivity index is 1.74. The Hall–Kier alpha value is -0.990. The summed E-state index contributed by atoms with van der Waals surface area (Å²) in [6.45, 7) is 4.51. The zero-order valence-corrected chi connectivity index (χ0v) is 13.1. The number of hydrogen-bond donors (Lipinski definition) is 1. The van der Waals surface area contributed by atoms with Crippen molar-refractivity contribution in [3.63, 3.8) is 0 Å². The zero-order valence-electron chi connectivity index (χ0n) is 13.1. The molecule has 0 radical (unpaired) electrons. The summed E-state index contributed by atoms with van der Waals surface area (Å²) in [5.74, 6) is 1.91. The van der Waals surface area contributed by atoms with Crippen molar-refractivity contribution in [1.29, 1.82) is 0 Å². The average Bonchev–Trinajstić information content (AvgIpc) is 2.83. The fourth-order valence-corrected chi connectivity index (χ4v) is 3.96. The highest BCUT2D eigenvalue weighted by Gasteiger charge is 2.24. The highest BCUT2D eigenvalue weighted by atomic mass is 15.2. The van der Waals surface area contributed by atoms with Crippen LogP contribution in [0.5, 0.6) is 0 Å². The molecule has 0 amide bonds. The van der Waals surface area contributed by atoms with E-state index in [-0.39, 0.29) is 0 Å². The van der Waals surface area contributed by atoms with E-state index in [9.17, 15) is 0 Å². The molecule has 1 aromatic rings. The number of imidazole rings is 1. The van der Waals surface area contributed by atoms with Gasteiger partial charge in [-0.2, -0.15) is 0 Å². The molecule has 2 fully saturated rings. The van der Waals surface area contributed by atoms with E-state index in [1.807, 2.05) is 0 Å². The largest absolute Gasteiger partial charge is 0.353 e. The van der Waals surface area contributed by atoms with Gasteiger partial charge in [-0.15, -0.1) is 0 Å². The summed E-state index contributed by atoms with van der Waals surface area (Å²) in [5.41, 5.74) is 1.15. The van der Waals surface area contributed by atoms with E-state index in [0.29, 0.717) is 12.1 Å². The molecule has 2 aliphatic carbocycles. The third kappa shape index (κ3) is 3.02. The van der Waals surface area contributed by atoms with Gasteiger partial charge in [-0.1, -0.05) is 39.0 Å². The number of rotatable bonds is 3. The summed E-state index contributed by atoms with van der Waals surface area (Å²) in [6, 6.07) is 1.29. The van der Waals surface area contributed by atoms with Gasteiger partial charge >= 0.3 is 0 Å². The molecule has 2 unspecified atom stereocenters. The lowest BCUT2D eigenvalue weighted by atomic mass is 9.86. The summed E-state index contributed by atoms with van der Waals surface area (Å²) in [4.78, 5) is 4.77. The third-order valence-electron chi connectivity index (χ3n) is 5.25. The molecule has 1 N–H and O–H groups in total. The number of hydrogen-bond acceptors (Lipinski definition) is 2. The molecule has 2 aliphatic rings. The van der Waals surface area contributed by atoms with E-state index in [2.05, 4.69) is 29.9 Å². The van der Waals surface area contributed by atoms with Crippen LogP contribution in [0.25, 0.3) is 0 Å². The Morgan fingerprint density at radius 1 is 1.05 bits per heavy atom. The van der Waals surface area contributed by atoms with Crippen molar-refractivity contribution in [2.24, 2.45) is 5.92 Å². The third-order valence-corrected chi connectivity index (χ3v) is 5.25. The molecule has 112 valence electrons. The minimum absolute atomic E-state index is 0.618. The van der Waals surface area contributed by atoms with Gasteiger partial charge in [0.1, 0.15) is 0 Å². The number of anilines is 1. The first-order chi connectivity index (χ1) is 9.74. The molecule has 20 heavy (non-hydrogen) atoms. The van der Waals surface area contributed by atoms with Gasteiger partial charge in [0.2, 0.25) is 5.95 Å². The lowest BCUT2D eigenvalue weighted by molar-refractivity contribution is 0.336. The minimum Gasteiger partial charge on any atom is -0.353 e. The van der Waals surface area contributed by atoms with Crippen molar-refractivity contribution in [3.05, 3.63) is 11.9 Å². The molecular formula is C17H29N3. The lowest BCUT2D eigenvalue weighted by Crippen LogP contribution is -2.32. The van der Waals surface area contributed by atoms with Gasteiger partial charge in [-0.05, 0) is 38.5 Å². The molecule has 0 bridgehead atoms. The number of aromatic nitrogens is 2. The number of aryl methyl sites for hydroxylation is 1. The second-order valence-corrected chi connectivity index (χ2v) is 6.92. The predicted molar refractivity (Wildman–Crippen MR) is 84.1 cm³/mol. The van der Waals surface area contributed by atoms with E-state index in [1.165, 1.54) is 57.8 Å². The molecule has 0 aliphatic heterocycles. The Bertz CT molecular complexity index is 431. The smallest absolute Gasteiger partial charge is 0.203 e. The molecule has 0 saturated heterocycles. The zero-order chi connectivity index (χ0) is 13.9. The van der Waals surface area contributed by atoms with Crippen LogP contribution >= 0.6 is 0 Å². The van der Waals surface area contributed by atoms with Crippen LogP contribution in [-0.4, -0.2) is 15.6 Å². The molecule has 2 saturated carbocycles. The minimum atomic E-state index is 0.618. The van der Waals surface area contributed by atoms with Gasteiger partial charge in [-0.3, -0.25) is 0 Å². The van der Waals surface area contributed by atoms with Gasteiger partial charge in [-0.25, -0.2) is 4.98 Å². The first-order valence-corrected chi connectivity index (χ1v) is 8.56. The van der Waals surface area contributed by atoms with Crippen molar-refractivity contribution >= 4 is 5.95 Å². The summed E-state index contributed by atoms with van der Waals surface area (Å²) < 4.78 is 2.44. The first-order valence-electron chi connectivity index (χ1n) is 8.56. The Morgan fingerprint density at radius 3 is 2.50 bits per heavy atom. The van der Waals surface area contributed by atoms with Crippen LogP contribution in [-0.2, 0) is 0 Å². The Labute approximate surface area is 123 Å². The van der Waals surface area contributed by atoms with E-state index >= 15 is 0 Å². The normalized spacial score (nSPS) is 28.5. The first kappa shape index (κ1) is 14.0. The highest BCUT2D eigenvalue weighted by molar-refractivity contribution is 5.31. The SMILES string of the molecule is Cc1cn(C2CCCCC2)c(NC2CCCCC2C)n1. The van der Waals surface area contributed by atoms with Crippen LogP contribution in [0, 0.1) is 12.8 Å². The van der Waals surface area contributed by atoms with Crippen molar-refractivity contribution in [2.75, 3.05) is 5.32 Å². The molecule has 2 atom stereocenters. The molecule has 1 aromatic heterocycles. The molecule has 0 aromatic carbocycles. The summed E-state index contributed by atoms with van der Waals surface area (Å²) in [7, 11) is 0. The number of nitrogens with one attached hydrogen (secondary N) is 1. The fraction of sp³-hybridized carbons (Fsp3) is 0.824. The van der Waals surface area contributed by atoms with Crippen LogP contribution in [0.3, 0.4) is 0 Å². The van der Waals surface area contributed by atoms with Crippen LogP contribution < -0.4 is 5.32 Å². The molecule has 3 heteroatoms. The fourth-order valence-electron chi connectivity index (χ4n) is 3.96. The molecule has 3 rings (SSSR count). The molecule has 3 nitrogen and oxygen atoms in total. The summed E-state index contributed by atoms with van der Waals surface area (Å²) in [6.07, 6.45) is 14.5. The van der Waals surface area contributed by atoms with E-state index < -0.39 is 0 Å². The molecule has 0 spiro atoms. The van der Waals surface area contributed by atoms with Crippen LogP contribution in [0.4, 0.5) is 5.95 Å². The van der Waals surface area contributed by atoms with E-state index in [0.717, 1.165) is 17.6 Å². The standard InChI is InChI=1S/C17H29N3/c1-13-8-6-7-11-16(13)19-17-18-14(2)12-20(17)15-9-4-3-5-10-15/h12-13,15-16H,3-11H2,1-2H3,(H,18,19). The van der Waals surface area contributed by atoms with Crippen LogP contribution in [0.2, 0.25) is 0 Å². The lowest BCUT2D eigenvalue weighted by Gasteiger charge is -2.31. The van der Waals surface area contributed by atoms with E-state index in [1.54, 1.807) is 0 Å². The maximum atomic E-state index is 4.77. The topological polar surface area (TPSA) is 29.9 Å². The van der Waals surface area contributed by atoms with E-state index in [4.69, 9.17) is 4.98 Å². The summed E-state index contributed by atoms with van der Waals surface area (Å²) >= 11 is 0. The predicted octanol–water partition coefficient (Wildman–Crippen LogP) is 4.69. The van der Waals surface area contributed by atoms with Gasteiger partial charge in [0.05, 0.1) is 5.69 Å². The second-order valence-electron chi connectivity index (χ2n) is 6.92. The average molecular weight is 275 g/mol. The van der Waals surface area contributed by atoms with Crippen LogP contribution in [0.15, 0.2) is 6.20 Å². The number of nitrogens with zero attached hydrogens (tertiary/aromatic N) is 2. The van der Waals surface area contributed by atoms with Gasteiger partial charge < -0.3 is 9.88 Å². The van der Waals surface area contributed by atoms with Gasteiger partial charge in [0.15, 0.2) is 0 Å². The van der Waals surface area contributed by atoms with Crippen molar-refractivity contribution in [1.82, 2.24) is 9.55 Å². The molecule has 1 heterocycles. The van der Waals surface area contributed by atoms with Crippen molar-refractivity contribution in [3.8, 4) is 0 Å². The Morgan fingerprint density at radius 2 is 1.75 bits per heavy atom. The van der Waals surface area contributed by atoms with Gasteiger partial charge in [0, 0.05) is 18.3 Å². The van der Waals surface area contributed by atoms with Crippen LogP contribution in [0.1, 0.15) is 76.4 Å². The maximum Gasteiger partial charge on any atom is 0.203 e. The quantitative estimate of drug-likeness (QED) is 0.867. The monoisotopic (exact) mass is 275 g/mol. The van der Waals surface area contributed by atoms with Crippen molar-refractivity contribution < 1.29 is 0 Å². The van der Waals surface area contributed by atoms with Gasteiger partial charge in [0.25, 0.3) is 0 Å². The highest BCUT2D eigenvalue weighted by Crippen LogP contribution is 2.32. The summed E-state index contributed by atoms with van der Waals surface area (Å²) in [5, 5.41) is 3.77. The maximum absolute atomic E-state index is 4.77.